The Bertz CT molecular complexity index is 382. The zero-order chi connectivity index (χ0) is 11.1. The smallest absolute Gasteiger partial charge is 0.203 e. The van der Waals surface area contributed by atoms with Crippen molar-refractivity contribution in [2.75, 3.05) is 13.2 Å². The van der Waals surface area contributed by atoms with Gasteiger partial charge < -0.3 is 20.3 Å². The first-order chi connectivity index (χ1) is 7.00. The van der Waals surface area contributed by atoms with E-state index in [1.807, 2.05) is 13.8 Å². The number of hydrogen-bond acceptors (Lipinski definition) is 4. The highest BCUT2D eigenvalue weighted by atomic mass is 16.6. The second kappa shape index (κ2) is 3.31. The second-order valence-electron chi connectivity index (χ2n) is 4.21. The Kier molecular flexibility index (Phi) is 2.23. The van der Waals surface area contributed by atoms with Crippen LogP contribution in [0, 0.1) is 0 Å². The van der Waals surface area contributed by atoms with E-state index in [-0.39, 0.29) is 5.75 Å². The molecule has 0 amide bonds. The maximum atomic E-state index is 9.99. The molecule has 1 aromatic carbocycles. The first kappa shape index (κ1) is 10.1. The van der Waals surface area contributed by atoms with Crippen molar-refractivity contribution in [3.05, 3.63) is 17.7 Å². The first-order valence-corrected chi connectivity index (χ1v) is 4.91. The van der Waals surface area contributed by atoms with E-state index >= 15 is 0 Å². The number of phenolic OH excluding ortho intramolecular Hbond substituents is 1. The number of rotatable bonds is 1. The molecule has 0 fully saturated rings. The van der Waals surface area contributed by atoms with Gasteiger partial charge in [-0.15, -0.1) is 0 Å². The number of ether oxygens (including phenoxy) is 2. The predicted octanol–water partition coefficient (Wildman–Crippen LogP) is 1.36. The quantitative estimate of drug-likeness (QED) is 0.733. The molecule has 2 rings (SSSR count). The molecule has 15 heavy (non-hydrogen) atoms. The van der Waals surface area contributed by atoms with E-state index in [1.165, 1.54) is 0 Å². The molecule has 3 N–H and O–H groups in total. The highest BCUT2D eigenvalue weighted by molar-refractivity contribution is 5.57. The zero-order valence-electron chi connectivity index (χ0n) is 8.91. The van der Waals surface area contributed by atoms with Gasteiger partial charge in [0.2, 0.25) is 5.75 Å². The van der Waals surface area contributed by atoms with Gasteiger partial charge in [0.05, 0.1) is 0 Å². The van der Waals surface area contributed by atoms with Crippen LogP contribution < -0.4 is 15.2 Å². The third kappa shape index (κ3) is 1.72. The first-order valence-electron chi connectivity index (χ1n) is 4.91. The highest BCUT2D eigenvalue weighted by Crippen LogP contribution is 2.43. The van der Waals surface area contributed by atoms with Crippen molar-refractivity contribution < 1.29 is 14.6 Å². The fraction of sp³-hybridized carbons (Fsp3) is 0.455. The molecule has 0 unspecified atom stereocenters. The molecule has 1 aliphatic heterocycles. The van der Waals surface area contributed by atoms with E-state index in [0.717, 1.165) is 0 Å². The number of phenols is 1. The minimum Gasteiger partial charge on any atom is -0.504 e. The minimum absolute atomic E-state index is 0.0831. The van der Waals surface area contributed by atoms with Gasteiger partial charge in [0.1, 0.15) is 13.2 Å². The number of nitrogens with two attached hydrogens (primary N) is 1. The van der Waals surface area contributed by atoms with Crippen LogP contribution in [0.5, 0.6) is 17.2 Å². The van der Waals surface area contributed by atoms with Gasteiger partial charge in [0, 0.05) is 11.1 Å². The normalized spacial score (nSPS) is 15.1. The lowest BCUT2D eigenvalue weighted by atomic mass is 9.94. The van der Waals surface area contributed by atoms with Gasteiger partial charge in [-0.2, -0.15) is 0 Å². The van der Waals surface area contributed by atoms with E-state index in [9.17, 15) is 5.11 Å². The average Bonchev–Trinajstić information content (AvgIpc) is 2.16. The van der Waals surface area contributed by atoms with Gasteiger partial charge in [-0.05, 0) is 26.0 Å². The molecular formula is C11H15NO3. The van der Waals surface area contributed by atoms with Crippen molar-refractivity contribution in [2.24, 2.45) is 5.73 Å². The van der Waals surface area contributed by atoms with Crippen molar-refractivity contribution in [1.82, 2.24) is 0 Å². The van der Waals surface area contributed by atoms with Crippen molar-refractivity contribution in [2.45, 2.75) is 19.4 Å². The molecule has 0 saturated heterocycles. The van der Waals surface area contributed by atoms with Crippen molar-refractivity contribution in [1.29, 1.82) is 0 Å². The molecule has 0 radical (unpaired) electrons. The van der Waals surface area contributed by atoms with Gasteiger partial charge in [-0.3, -0.25) is 0 Å². The van der Waals surface area contributed by atoms with Crippen molar-refractivity contribution >= 4 is 0 Å². The standard InChI is InChI=1S/C11H15NO3/c1-11(2,12)7-3-4-8-10(9(7)13)15-6-5-14-8/h3-4,13H,5-6,12H2,1-2H3. The second-order valence-corrected chi connectivity index (χ2v) is 4.21. The van der Waals surface area contributed by atoms with Crippen molar-refractivity contribution in [3.8, 4) is 17.2 Å². The molecule has 0 aliphatic carbocycles. The monoisotopic (exact) mass is 209 g/mol. The molecule has 0 aromatic heterocycles. The Hall–Kier alpha value is -1.42. The number of hydrogen-bond donors (Lipinski definition) is 2. The summed E-state index contributed by atoms with van der Waals surface area (Å²) in [6.07, 6.45) is 0. The molecule has 0 bridgehead atoms. The Balaban J connectivity index is 2.53. The van der Waals surface area contributed by atoms with Gasteiger partial charge in [-0.1, -0.05) is 0 Å². The van der Waals surface area contributed by atoms with Crippen LogP contribution in [-0.4, -0.2) is 18.3 Å². The summed E-state index contributed by atoms with van der Waals surface area (Å²) in [6, 6.07) is 3.54. The average molecular weight is 209 g/mol. The fourth-order valence-electron chi connectivity index (χ4n) is 1.62. The van der Waals surface area contributed by atoms with E-state index in [1.54, 1.807) is 12.1 Å². The van der Waals surface area contributed by atoms with Gasteiger partial charge in [0.15, 0.2) is 11.5 Å². The molecule has 1 aromatic rings. The summed E-state index contributed by atoms with van der Waals surface area (Å²) in [5.41, 5.74) is 6.00. The van der Waals surface area contributed by atoms with Crippen LogP contribution in [0.25, 0.3) is 0 Å². The van der Waals surface area contributed by atoms with E-state index < -0.39 is 5.54 Å². The molecule has 82 valence electrons. The molecule has 4 nitrogen and oxygen atoms in total. The molecule has 0 saturated carbocycles. The van der Waals surface area contributed by atoms with Crippen LogP contribution in [-0.2, 0) is 5.54 Å². The summed E-state index contributed by atoms with van der Waals surface area (Å²) in [4.78, 5) is 0. The number of benzene rings is 1. The van der Waals surface area contributed by atoms with Crippen molar-refractivity contribution in [3.63, 3.8) is 0 Å². The molecular weight excluding hydrogens is 194 g/mol. The SMILES string of the molecule is CC(C)(N)c1ccc2c(c1O)OCCO2. The largest absolute Gasteiger partial charge is 0.504 e. The van der Waals surface area contributed by atoms with Crippen LogP contribution in [0.1, 0.15) is 19.4 Å². The Morgan fingerprint density at radius 3 is 2.60 bits per heavy atom. The molecule has 4 heteroatoms. The van der Waals surface area contributed by atoms with Crippen LogP contribution >= 0.6 is 0 Å². The van der Waals surface area contributed by atoms with Gasteiger partial charge >= 0.3 is 0 Å². The third-order valence-corrected chi connectivity index (χ3v) is 2.38. The van der Waals surface area contributed by atoms with Gasteiger partial charge in [0.25, 0.3) is 0 Å². The lowest BCUT2D eigenvalue weighted by Gasteiger charge is -2.25. The lowest BCUT2D eigenvalue weighted by Crippen LogP contribution is -2.29. The van der Waals surface area contributed by atoms with Crippen LogP contribution in [0.15, 0.2) is 12.1 Å². The molecule has 0 spiro atoms. The van der Waals surface area contributed by atoms with Crippen LogP contribution in [0.4, 0.5) is 0 Å². The summed E-state index contributed by atoms with van der Waals surface area (Å²) in [7, 11) is 0. The molecule has 0 atom stereocenters. The van der Waals surface area contributed by atoms with E-state index in [0.29, 0.717) is 30.3 Å². The maximum Gasteiger partial charge on any atom is 0.203 e. The summed E-state index contributed by atoms with van der Waals surface area (Å²) < 4.78 is 10.7. The Labute approximate surface area is 88.6 Å². The maximum absolute atomic E-state index is 9.99. The number of aromatic hydroxyl groups is 1. The van der Waals surface area contributed by atoms with Crippen LogP contribution in [0.2, 0.25) is 0 Å². The summed E-state index contributed by atoms with van der Waals surface area (Å²) in [6.45, 7) is 4.63. The highest BCUT2D eigenvalue weighted by Gasteiger charge is 2.25. The molecule has 1 heterocycles. The zero-order valence-corrected chi connectivity index (χ0v) is 8.91. The third-order valence-electron chi connectivity index (χ3n) is 2.38. The summed E-state index contributed by atoms with van der Waals surface area (Å²) >= 11 is 0. The Morgan fingerprint density at radius 1 is 1.27 bits per heavy atom. The molecule has 1 aliphatic rings. The topological polar surface area (TPSA) is 64.7 Å². The Morgan fingerprint density at radius 2 is 1.93 bits per heavy atom. The minimum atomic E-state index is -0.597. The van der Waals surface area contributed by atoms with E-state index in [4.69, 9.17) is 15.2 Å². The van der Waals surface area contributed by atoms with Gasteiger partial charge in [-0.25, -0.2) is 0 Å². The predicted molar refractivity (Wildman–Crippen MR) is 56.3 cm³/mol. The summed E-state index contributed by atoms with van der Waals surface area (Å²) in [5, 5.41) is 9.99. The summed E-state index contributed by atoms with van der Waals surface area (Å²) in [5.74, 6) is 1.06. The van der Waals surface area contributed by atoms with E-state index in [2.05, 4.69) is 0 Å². The number of fused-ring (bicyclic) bond motifs is 1. The fourth-order valence-corrected chi connectivity index (χ4v) is 1.62. The lowest BCUT2D eigenvalue weighted by molar-refractivity contribution is 0.165. The van der Waals surface area contributed by atoms with Crippen LogP contribution in [0.3, 0.4) is 0 Å².